The second-order valence-electron chi connectivity index (χ2n) is 6.39. The monoisotopic (exact) mass is 385 g/mol. The summed E-state index contributed by atoms with van der Waals surface area (Å²) < 4.78 is 1.69. The lowest BCUT2D eigenvalue weighted by Crippen LogP contribution is -2.36. The van der Waals surface area contributed by atoms with Crippen molar-refractivity contribution in [2.45, 2.75) is 25.9 Å². The molecule has 0 bridgehead atoms. The van der Waals surface area contributed by atoms with Gasteiger partial charge in [0.15, 0.2) is 0 Å². The maximum Gasteiger partial charge on any atom is 0.225 e. The van der Waals surface area contributed by atoms with E-state index in [0.29, 0.717) is 0 Å². The molecule has 3 unspecified atom stereocenters. The minimum absolute atomic E-state index is 0. The largest absolute Gasteiger partial charge is 0.349 e. The molecule has 6 nitrogen and oxygen atoms in total. The quantitative estimate of drug-likeness (QED) is 0.682. The van der Waals surface area contributed by atoms with Gasteiger partial charge >= 0.3 is 0 Å². The van der Waals surface area contributed by atoms with E-state index in [9.17, 15) is 4.79 Å². The maximum atomic E-state index is 12.6. The normalized spacial score (nSPS) is 13.9. The van der Waals surface area contributed by atoms with Gasteiger partial charge in [0.1, 0.15) is 12.7 Å². The van der Waals surface area contributed by atoms with E-state index in [1.807, 2.05) is 68.4 Å². The highest BCUT2D eigenvalue weighted by atomic mass is 35.5. The van der Waals surface area contributed by atoms with Gasteiger partial charge in [0.05, 0.1) is 17.6 Å². The van der Waals surface area contributed by atoms with Crippen molar-refractivity contribution in [2.24, 2.45) is 11.7 Å². The fourth-order valence-electron chi connectivity index (χ4n) is 2.81. The minimum atomic E-state index is -0.335. The zero-order chi connectivity index (χ0) is 18.5. The number of nitrogens with two attached hydrogens (primary N) is 1. The molecule has 3 rings (SSSR count). The molecule has 7 heteroatoms. The number of amides is 1. The van der Waals surface area contributed by atoms with Crippen LogP contribution in [0.4, 0.5) is 0 Å². The van der Waals surface area contributed by atoms with Gasteiger partial charge < -0.3 is 11.1 Å². The van der Waals surface area contributed by atoms with E-state index in [2.05, 4.69) is 15.4 Å². The van der Waals surface area contributed by atoms with Crippen LogP contribution >= 0.6 is 12.4 Å². The Hall–Kier alpha value is -2.70. The first-order chi connectivity index (χ1) is 12.6. The van der Waals surface area contributed by atoms with Gasteiger partial charge in [-0.3, -0.25) is 4.79 Å². The first kappa shape index (κ1) is 20.6. The van der Waals surface area contributed by atoms with Crippen molar-refractivity contribution in [3.05, 3.63) is 78.4 Å². The smallest absolute Gasteiger partial charge is 0.225 e. The van der Waals surface area contributed by atoms with Crippen molar-refractivity contribution in [1.29, 1.82) is 0 Å². The number of benzene rings is 2. The number of nitrogens with one attached hydrogen (secondary N) is 1. The number of halogens is 1. The van der Waals surface area contributed by atoms with E-state index in [1.54, 1.807) is 11.0 Å². The molecule has 1 aromatic heterocycles. The van der Waals surface area contributed by atoms with Crippen LogP contribution < -0.4 is 11.1 Å². The van der Waals surface area contributed by atoms with Gasteiger partial charge in [-0.2, -0.15) is 5.10 Å². The molecule has 0 aliphatic carbocycles. The van der Waals surface area contributed by atoms with Crippen LogP contribution in [0.3, 0.4) is 0 Å². The van der Waals surface area contributed by atoms with E-state index in [-0.39, 0.29) is 36.3 Å². The molecule has 0 fully saturated rings. The summed E-state index contributed by atoms with van der Waals surface area (Å²) in [6.07, 6.45) is 3.14. The van der Waals surface area contributed by atoms with Crippen LogP contribution in [0.25, 0.3) is 5.69 Å². The summed E-state index contributed by atoms with van der Waals surface area (Å²) >= 11 is 0. The molecule has 142 valence electrons. The molecule has 1 amide bonds. The molecule has 0 spiro atoms. The molecule has 3 N–H and O–H groups in total. The molecular weight excluding hydrogens is 362 g/mol. The summed E-state index contributed by atoms with van der Waals surface area (Å²) in [6.45, 7) is 3.82. The number of hydrogen-bond acceptors (Lipinski definition) is 4. The zero-order valence-electron chi connectivity index (χ0n) is 15.3. The van der Waals surface area contributed by atoms with Gasteiger partial charge in [-0.1, -0.05) is 49.4 Å². The number of hydrogen-bond donors (Lipinski definition) is 2. The maximum absolute atomic E-state index is 12.6. The Kier molecular flexibility index (Phi) is 7.10. The van der Waals surface area contributed by atoms with Crippen LogP contribution in [0.2, 0.25) is 0 Å². The van der Waals surface area contributed by atoms with Crippen molar-refractivity contribution in [1.82, 2.24) is 20.1 Å². The van der Waals surface area contributed by atoms with Crippen LogP contribution in [-0.4, -0.2) is 20.7 Å². The first-order valence-corrected chi connectivity index (χ1v) is 8.62. The number of rotatable bonds is 6. The lowest BCUT2D eigenvalue weighted by molar-refractivity contribution is -0.125. The van der Waals surface area contributed by atoms with Gasteiger partial charge in [-0.25, -0.2) is 9.67 Å². The number of nitrogens with zero attached hydrogens (tertiary/aromatic N) is 3. The van der Waals surface area contributed by atoms with Crippen LogP contribution in [0, 0.1) is 5.92 Å². The van der Waals surface area contributed by atoms with E-state index in [4.69, 9.17) is 5.73 Å². The highest BCUT2D eigenvalue weighted by molar-refractivity contribution is 5.85. The number of aromatic nitrogens is 3. The molecule has 0 saturated carbocycles. The van der Waals surface area contributed by atoms with Crippen LogP contribution in [0.5, 0.6) is 0 Å². The van der Waals surface area contributed by atoms with Gasteiger partial charge in [-0.05, 0) is 30.2 Å². The summed E-state index contributed by atoms with van der Waals surface area (Å²) in [5, 5.41) is 7.15. The van der Waals surface area contributed by atoms with E-state index >= 15 is 0 Å². The molecule has 27 heavy (non-hydrogen) atoms. The third kappa shape index (κ3) is 4.93. The molecule has 1 heterocycles. The van der Waals surface area contributed by atoms with E-state index in [1.165, 1.54) is 6.33 Å². The third-order valence-corrected chi connectivity index (χ3v) is 4.57. The fraction of sp³-hybridized carbons (Fsp3) is 0.250. The summed E-state index contributed by atoms with van der Waals surface area (Å²) in [6, 6.07) is 17.1. The molecule has 2 aromatic carbocycles. The second-order valence-corrected chi connectivity index (χ2v) is 6.39. The summed E-state index contributed by atoms with van der Waals surface area (Å²) in [5.41, 5.74) is 9.15. The van der Waals surface area contributed by atoms with Crippen molar-refractivity contribution >= 4 is 18.3 Å². The Bertz CT molecular complexity index is 837. The average Bonchev–Trinajstić information content (AvgIpc) is 3.22. The Labute approximate surface area is 165 Å². The van der Waals surface area contributed by atoms with Crippen molar-refractivity contribution < 1.29 is 4.79 Å². The lowest BCUT2D eigenvalue weighted by atomic mass is 9.94. The van der Waals surface area contributed by atoms with E-state index in [0.717, 1.165) is 16.8 Å². The topological polar surface area (TPSA) is 85.8 Å². The van der Waals surface area contributed by atoms with Crippen molar-refractivity contribution in [2.75, 3.05) is 0 Å². The molecule has 3 aromatic rings. The van der Waals surface area contributed by atoms with Crippen molar-refractivity contribution in [3.8, 4) is 5.69 Å². The first-order valence-electron chi connectivity index (χ1n) is 8.62. The lowest BCUT2D eigenvalue weighted by Gasteiger charge is -2.22. The van der Waals surface area contributed by atoms with Gasteiger partial charge in [0.2, 0.25) is 5.91 Å². The Morgan fingerprint density at radius 2 is 1.70 bits per heavy atom. The SMILES string of the molecule is CC(NC(=O)C(C)C(N)c1ccccc1)c1ccc(-n2cncn2)cc1.Cl. The van der Waals surface area contributed by atoms with Gasteiger partial charge in [-0.15, -0.1) is 12.4 Å². The van der Waals surface area contributed by atoms with Gasteiger partial charge in [0, 0.05) is 6.04 Å². The molecule has 3 atom stereocenters. The molecule has 0 aliphatic rings. The van der Waals surface area contributed by atoms with Crippen molar-refractivity contribution in [3.63, 3.8) is 0 Å². The molecule has 0 aliphatic heterocycles. The fourth-order valence-corrected chi connectivity index (χ4v) is 2.81. The highest BCUT2D eigenvalue weighted by Gasteiger charge is 2.23. The van der Waals surface area contributed by atoms with Crippen LogP contribution in [0.1, 0.15) is 37.1 Å². The third-order valence-electron chi connectivity index (χ3n) is 4.57. The van der Waals surface area contributed by atoms with Crippen LogP contribution in [0.15, 0.2) is 67.3 Å². The zero-order valence-corrected chi connectivity index (χ0v) is 16.1. The Balaban J connectivity index is 0.00000261. The Morgan fingerprint density at radius 1 is 1.04 bits per heavy atom. The molecular formula is C20H24ClN5O. The number of carbonyl (C=O) groups excluding carboxylic acids is 1. The summed E-state index contributed by atoms with van der Waals surface area (Å²) in [7, 11) is 0. The summed E-state index contributed by atoms with van der Waals surface area (Å²) in [5.74, 6) is -0.386. The minimum Gasteiger partial charge on any atom is -0.349 e. The molecule has 0 radical (unpaired) electrons. The second kappa shape index (κ2) is 9.30. The molecule has 0 saturated heterocycles. The van der Waals surface area contributed by atoms with Gasteiger partial charge in [0.25, 0.3) is 0 Å². The highest BCUT2D eigenvalue weighted by Crippen LogP contribution is 2.21. The predicted molar refractivity (Wildman–Crippen MR) is 108 cm³/mol. The average molecular weight is 386 g/mol. The predicted octanol–water partition coefficient (Wildman–Crippen LogP) is 3.20. The number of carbonyl (C=O) groups is 1. The van der Waals surface area contributed by atoms with Crippen LogP contribution in [-0.2, 0) is 4.79 Å². The van der Waals surface area contributed by atoms with E-state index < -0.39 is 0 Å². The summed E-state index contributed by atoms with van der Waals surface area (Å²) in [4.78, 5) is 16.5. The Morgan fingerprint density at radius 3 is 2.30 bits per heavy atom. The standard InChI is InChI=1S/C20H23N5O.ClH/c1-14(19(21)17-6-4-3-5-7-17)20(26)24-15(2)16-8-10-18(11-9-16)25-13-22-12-23-25;/h3-15,19H,21H2,1-2H3,(H,24,26);1H.